The highest BCUT2D eigenvalue weighted by molar-refractivity contribution is 5.28. The number of rotatable bonds is 0. The van der Waals surface area contributed by atoms with E-state index in [1.807, 2.05) is 13.0 Å². The highest BCUT2D eigenvalue weighted by atomic mass is 14.9. The summed E-state index contributed by atoms with van der Waals surface area (Å²) in [7, 11) is 0. The second-order valence-electron chi connectivity index (χ2n) is 3.22. The van der Waals surface area contributed by atoms with Crippen molar-refractivity contribution in [2.45, 2.75) is 19.8 Å². The van der Waals surface area contributed by atoms with E-state index in [-0.39, 0.29) is 0 Å². The van der Waals surface area contributed by atoms with Crippen LogP contribution in [0.1, 0.15) is 18.4 Å². The lowest BCUT2D eigenvalue weighted by atomic mass is 10.3. The Morgan fingerprint density at radius 2 is 2.00 bits per heavy atom. The summed E-state index contributed by atoms with van der Waals surface area (Å²) in [4.78, 5) is 3.86. The Kier molecular flexibility index (Phi) is 4.26. The van der Waals surface area contributed by atoms with E-state index in [1.54, 1.807) is 12.3 Å². The average molecular weight is 179 g/mol. The first-order valence-electron chi connectivity index (χ1n) is 4.68. The third-order valence-corrected chi connectivity index (χ3v) is 1.89. The molecule has 3 heteroatoms. The number of nitrogens with one attached hydrogen (secondary N) is 1. The van der Waals surface area contributed by atoms with Crippen LogP contribution in [0.25, 0.3) is 0 Å². The molecular formula is C10H17N3. The van der Waals surface area contributed by atoms with Crippen LogP contribution in [0.15, 0.2) is 18.3 Å². The molecule has 0 radical (unpaired) electrons. The molecule has 72 valence electrons. The Morgan fingerprint density at radius 1 is 1.31 bits per heavy atom. The van der Waals surface area contributed by atoms with Crippen LogP contribution in [0.3, 0.4) is 0 Å². The highest BCUT2D eigenvalue weighted by Crippen LogP contribution is 1.97. The van der Waals surface area contributed by atoms with Gasteiger partial charge in [-0.2, -0.15) is 0 Å². The van der Waals surface area contributed by atoms with Crippen LogP contribution in [-0.2, 0) is 0 Å². The summed E-state index contributed by atoms with van der Waals surface area (Å²) in [5.74, 6) is 0.579. The van der Waals surface area contributed by atoms with E-state index in [2.05, 4.69) is 10.3 Å². The lowest BCUT2D eigenvalue weighted by Gasteiger charge is -1.89. The zero-order valence-corrected chi connectivity index (χ0v) is 8.09. The van der Waals surface area contributed by atoms with Gasteiger partial charge in [0.15, 0.2) is 0 Å². The lowest BCUT2D eigenvalue weighted by molar-refractivity contribution is 0.857. The fraction of sp³-hybridized carbons (Fsp3) is 0.500. The SMILES string of the molecule is C1CCNC1.Cc1ccc(N)nc1. The van der Waals surface area contributed by atoms with Crippen molar-refractivity contribution in [1.82, 2.24) is 10.3 Å². The number of aryl methyl sites for hydroxylation is 1. The summed E-state index contributed by atoms with van der Waals surface area (Å²) in [5.41, 5.74) is 6.45. The predicted octanol–water partition coefficient (Wildman–Crippen LogP) is 1.34. The first kappa shape index (κ1) is 9.99. The largest absolute Gasteiger partial charge is 0.384 e. The van der Waals surface area contributed by atoms with Crippen molar-refractivity contribution in [2.75, 3.05) is 18.8 Å². The van der Waals surface area contributed by atoms with Gasteiger partial charge in [0.25, 0.3) is 0 Å². The van der Waals surface area contributed by atoms with Crippen molar-refractivity contribution >= 4 is 5.82 Å². The number of nitrogens with two attached hydrogens (primary N) is 1. The topological polar surface area (TPSA) is 50.9 Å². The maximum Gasteiger partial charge on any atom is 0.123 e. The Morgan fingerprint density at radius 3 is 2.31 bits per heavy atom. The summed E-state index contributed by atoms with van der Waals surface area (Å²) in [6.45, 7) is 4.48. The van der Waals surface area contributed by atoms with Crippen LogP contribution in [0, 0.1) is 6.92 Å². The number of hydrogen-bond acceptors (Lipinski definition) is 3. The van der Waals surface area contributed by atoms with E-state index < -0.39 is 0 Å². The van der Waals surface area contributed by atoms with Crippen LogP contribution in [0.4, 0.5) is 5.82 Å². The summed E-state index contributed by atoms with van der Waals surface area (Å²) in [6, 6.07) is 3.72. The molecule has 0 aromatic carbocycles. The molecule has 13 heavy (non-hydrogen) atoms. The molecule has 1 aliphatic heterocycles. The predicted molar refractivity (Wildman–Crippen MR) is 55.5 cm³/mol. The maximum absolute atomic E-state index is 5.32. The molecule has 1 fully saturated rings. The zero-order valence-electron chi connectivity index (χ0n) is 8.09. The second kappa shape index (κ2) is 5.54. The van der Waals surface area contributed by atoms with Crippen LogP contribution < -0.4 is 11.1 Å². The van der Waals surface area contributed by atoms with Crippen molar-refractivity contribution in [1.29, 1.82) is 0 Å². The molecule has 0 saturated carbocycles. The Bertz CT molecular complexity index is 198. The fourth-order valence-electron chi connectivity index (χ4n) is 1.10. The third kappa shape index (κ3) is 4.48. The summed E-state index contributed by atoms with van der Waals surface area (Å²) >= 11 is 0. The smallest absolute Gasteiger partial charge is 0.123 e. The van der Waals surface area contributed by atoms with E-state index in [4.69, 9.17) is 5.73 Å². The molecule has 0 atom stereocenters. The number of aromatic nitrogens is 1. The number of nitrogens with zero attached hydrogens (tertiary/aromatic N) is 1. The summed E-state index contributed by atoms with van der Waals surface area (Å²) < 4.78 is 0. The van der Waals surface area contributed by atoms with Crippen LogP contribution in [0.5, 0.6) is 0 Å². The van der Waals surface area contributed by atoms with Gasteiger partial charge in [-0.1, -0.05) is 6.07 Å². The quantitative estimate of drug-likeness (QED) is 0.632. The highest BCUT2D eigenvalue weighted by Gasteiger charge is 1.93. The van der Waals surface area contributed by atoms with Crippen LogP contribution in [-0.4, -0.2) is 18.1 Å². The molecule has 1 aromatic rings. The number of hydrogen-bond donors (Lipinski definition) is 2. The number of pyridine rings is 1. The Labute approximate surface area is 79.4 Å². The molecule has 1 aromatic heterocycles. The monoisotopic (exact) mass is 179 g/mol. The van der Waals surface area contributed by atoms with Crippen molar-refractivity contribution in [3.63, 3.8) is 0 Å². The lowest BCUT2D eigenvalue weighted by Crippen LogP contribution is -2.03. The third-order valence-electron chi connectivity index (χ3n) is 1.89. The normalized spacial score (nSPS) is 14.8. The van der Waals surface area contributed by atoms with Crippen molar-refractivity contribution in [2.24, 2.45) is 0 Å². The summed E-state index contributed by atoms with van der Waals surface area (Å²) in [6.07, 6.45) is 4.52. The first-order valence-corrected chi connectivity index (χ1v) is 4.68. The fourth-order valence-corrected chi connectivity index (χ4v) is 1.10. The molecule has 1 aliphatic rings. The van der Waals surface area contributed by atoms with Gasteiger partial charge in [0.2, 0.25) is 0 Å². The molecular weight excluding hydrogens is 162 g/mol. The van der Waals surface area contributed by atoms with Gasteiger partial charge in [-0.3, -0.25) is 0 Å². The Balaban J connectivity index is 0.000000145. The van der Waals surface area contributed by atoms with E-state index in [1.165, 1.54) is 25.9 Å². The van der Waals surface area contributed by atoms with E-state index in [9.17, 15) is 0 Å². The molecule has 3 nitrogen and oxygen atoms in total. The number of anilines is 1. The molecule has 1 saturated heterocycles. The number of nitrogen functional groups attached to an aromatic ring is 1. The molecule has 0 unspecified atom stereocenters. The minimum absolute atomic E-state index is 0.579. The molecule has 3 N–H and O–H groups in total. The van der Waals surface area contributed by atoms with Gasteiger partial charge in [0.1, 0.15) is 5.82 Å². The van der Waals surface area contributed by atoms with Crippen molar-refractivity contribution in [3.05, 3.63) is 23.9 Å². The van der Waals surface area contributed by atoms with E-state index in [0.717, 1.165) is 5.56 Å². The zero-order chi connectivity index (χ0) is 9.52. The van der Waals surface area contributed by atoms with Crippen LogP contribution >= 0.6 is 0 Å². The van der Waals surface area contributed by atoms with Gasteiger partial charge in [-0.05, 0) is 44.5 Å². The van der Waals surface area contributed by atoms with E-state index >= 15 is 0 Å². The molecule has 0 amide bonds. The first-order chi connectivity index (χ1) is 6.29. The van der Waals surface area contributed by atoms with Gasteiger partial charge < -0.3 is 11.1 Å². The van der Waals surface area contributed by atoms with E-state index in [0.29, 0.717) is 5.82 Å². The average Bonchev–Trinajstić information content (AvgIpc) is 2.68. The van der Waals surface area contributed by atoms with Crippen LogP contribution in [0.2, 0.25) is 0 Å². The second-order valence-corrected chi connectivity index (χ2v) is 3.22. The van der Waals surface area contributed by atoms with Gasteiger partial charge in [0.05, 0.1) is 0 Å². The molecule has 2 heterocycles. The minimum Gasteiger partial charge on any atom is -0.384 e. The van der Waals surface area contributed by atoms with Gasteiger partial charge in [-0.15, -0.1) is 0 Å². The molecule has 0 aliphatic carbocycles. The Hall–Kier alpha value is -1.09. The minimum atomic E-state index is 0.579. The molecule has 2 rings (SSSR count). The van der Waals surface area contributed by atoms with Gasteiger partial charge in [-0.25, -0.2) is 4.98 Å². The molecule has 0 spiro atoms. The summed E-state index contributed by atoms with van der Waals surface area (Å²) in [5, 5.41) is 3.22. The van der Waals surface area contributed by atoms with Crippen molar-refractivity contribution in [3.8, 4) is 0 Å². The van der Waals surface area contributed by atoms with Gasteiger partial charge in [0, 0.05) is 6.20 Å². The standard InChI is InChI=1S/C6H8N2.C4H9N/c1-5-2-3-6(7)8-4-5;1-2-4-5-3-1/h2-4H,1H3,(H2,7,8);5H,1-4H2. The maximum atomic E-state index is 5.32. The van der Waals surface area contributed by atoms with Gasteiger partial charge >= 0.3 is 0 Å². The molecule has 0 bridgehead atoms. The van der Waals surface area contributed by atoms with Crippen molar-refractivity contribution < 1.29 is 0 Å².